The monoisotopic (exact) mass is 274 g/mol. The lowest BCUT2D eigenvalue weighted by Gasteiger charge is -2.20. The lowest BCUT2D eigenvalue weighted by Crippen LogP contribution is -2.37. The largest absolute Gasteiger partial charge is 0.481 e. The number of carbonyl (C=O) groups excluding carboxylic acids is 2. The van der Waals surface area contributed by atoms with Gasteiger partial charge in [0.1, 0.15) is 12.0 Å². The number of aliphatic carboxylic acids is 1. The first kappa shape index (κ1) is 17.1. The highest BCUT2D eigenvalue weighted by atomic mass is 16.5. The lowest BCUT2D eigenvalue weighted by molar-refractivity contribution is -0.158. The highest BCUT2D eigenvalue weighted by Crippen LogP contribution is 2.16. The van der Waals surface area contributed by atoms with Crippen molar-refractivity contribution in [2.45, 2.75) is 26.9 Å². The highest BCUT2D eigenvalue weighted by molar-refractivity contribution is 5.91. The second kappa shape index (κ2) is 7.52. The van der Waals surface area contributed by atoms with E-state index in [0.29, 0.717) is 0 Å². The SMILES string of the molecule is CC(C)OC(=O)/C=C/C(=O)OCC(C)(CO)C(=O)O. The zero-order chi connectivity index (χ0) is 15.1. The maximum absolute atomic E-state index is 11.2. The van der Waals surface area contributed by atoms with Crippen molar-refractivity contribution in [3.8, 4) is 0 Å². The molecule has 7 nitrogen and oxygen atoms in total. The van der Waals surface area contributed by atoms with Gasteiger partial charge in [0.15, 0.2) is 0 Å². The van der Waals surface area contributed by atoms with Crippen molar-refractivity contribution in [3.63, 3.8) is 0 Å². The molecule has 0 aliphatic rings. The molecule has 0 heterocycles. The Bertz CT molecular complexity index is 372. The number of hydrogen-bond donors (Lipinski definition) is 2. The first-order valence-electron chi connectivity index (χ1n) is 5.61. The first-order valence-corrected chi connectivity index (χ1v) is 5.61. The van der Waals surface area contributed by atoms with Crippen LogP contribution >= 0.6 is 0 Å². The summed E-state index contributed by atoms with van der Waals surface area (Å²) in [5, 5.41) is 17.7. The number of aliphatic hydroxyl groups is 1. The van der Waals surface area contributed by atoms with Crippen molar-refractivity contribution >= 4 is 17.9 Å². The number of esters is 2. The predicted molar refractivity (Wildman–Crippen MR) is 64.2 cm³/mol. The molecule has 1 atom stereocenters. The quantitative estimate of drug-likeness (QED) is 0.501. The third-order valence-electron chi connectivity index (χ3n) is 2.11. The molecule has 7 heteroatoms. The molecule has 0 aromatic carbocycles. The Hall–Kier alpha value is -1.89. The molecule has 0 aliphatic carbocycles. The van der Waals surface area contributed by atoms with Gasteiger partial charge in [-0.05, 0) is 20.8 Å². The van der Waals surface area contributed by atoms with Crippen LogP contribution in [0.15, 0.2) is 12.2 Å². The molecule has 0 radical (unpaired) electrons. The molecule has 2 N–H and O–H groups in total. The Morgan fingerprint density at radius 2 is 1.74 bits per heavy atom. The fourth-order valence-corrected chi connectivity index (χ4v) is 0.861. The number of rotatable bonds is 7. The summed E-state index contributed by atoms with van der Waals surface area (Å²) in [7, 11) is 0. The van der Waals surface area contributed by atoms with Crippen LogP contribution in [0.2, 0.25) is 0 Å². The van der Waals surface area contributed by atoms with E-state index in [1.54, 1.807) is 13.8 Å². The van der Waals surface area contributed by atoms with Crippen molar-refractivity contribution in [1.82, 2.24) is 0 Å². The molecule has 0 rings (SSSR count). The molecular formula is C12H18O7. The summed E-state index contributed by atoms with van der Waals surface area (Å²) in [6.07, 6.45) is 1.42. The van der Waals surface area contributed by atoms with E-state index in [4.69, 9.17) is 14.9 Å². The topological polar surface area (TPSA) is 110 Å². The minimum absolute atomic E-state index is 0.308. The molecule has 0 saturated heterocycles. The van der Waals surface area contributed by atoms with E-state index < -0.39 is 36.5 Å². The standard InChI is InChI=1S/C12H18O7/c1-8(2)19-10(15)5-4-9(14)18-7-12(3,6-13)11(16)17/h4-5,8,13H,6-7H2,1-3H3,(H,16,17)/b5-4+. The third-order valence-corrected chi connectivity index (χ3v) is 2.11. The van der Waals surface area contributed by atoms with Gasteiger partial charge in [0.2, 0.25) is 0 Å². The number of hydrogen-bond acceptors (Lipinski definition) is 6. The van der Waals surface area contributed by atoms with Crippen LogP contribution in [0.4, 0.5) is 0 Å². The molecule has 0 aromatic rings. The van der Waals surface area contributed by atoms with Crippen molar-refractivity contribution in [2.24, 2.45) is 5.41 Å². The van der Waals surface area contributed by atoms with Crippen LogP contribution in [-0.4, -0.2) is 47.4 Å². The van der Waals surface area contributed by atoms with E-state index in [1.165, 1.54) is 6.92 Å². The predicted octanol–water partition coefficient (Wildman–Crippen LogP) is 0.121. The Kier molecular flexibility index (Phi) is 6.78. The van der Waals surface area contributed by atoms with Gasteiger partial charge < -0.3 is 19.7 Å². The summed E-state index contributed by atoms with van der Waals surface area (Å²) in [6.45, 7) is 3.38. The van der Waals surface area contributed by atoms with Gasteiger partial charge in [-0.3, -0.25) is 4.79 Å². The fourth-order valence-electron chi connectivity index (χ4n) is 0.861. The van der Waals surface area contributed by atoms with E-state index in [0.717, 1.165) is 12.2 Å². The molecule has 0 amide bonds. The van der Waals surface area contributed by atoms with E-state index in [2.05, 4.69) is 4.74 Å². The van der Waals surface area contributed by atoms with Crippen LogP contribution in [0.3, 0.4) is 0 Å². The smallest absolute Gasteiger partial charge is 0.331 e. The second-order valence-electron chi connectivity index (χ2n) is 4.45. The average molecular weight is 274 g/mol. The van der Waals surface area contributed by atoms with Gasteiger partial charge in [0.05, 0.1) is 12.7 Å². The van der Waals surface area contributed by atoms with Crippen LogP contribution in [0.25, 0.3) is 0 Å². The van der Waals surface area contributed by atoms with E-state index in [9.17, 15) is 14.4 Å². The van der Waals surface area contributed by atoms with Gasteiger partial charge in [0.25, 0.3) is 0 Å². The summed E-state index contributed by atoms with van der Waals surface area (Å²) in [4.78, 5) is 33.1. The Labute approximate surface area is 110 Å². The first-order chi connectivity index (χ1) is 8.71. The van der Waals surface area contributed by atoms with Crippen molar-refractivity contribution in [2.75, 3.05) is 13.2 Å². The number of aliphatic hydroxyl groups excluding tert-OH is 1. The molecule has 0 bridgehead atoms. The van der Waals surface area contributed by atoms with E-state index in [-0.39, 0.29) is 6.10 Å². The summed E-state index contributed by atoms with van der Waals surface area (Å²) >= 11 is 0. The van der Waals surface area contributed by atoms with Crippen LogP contribution in [0.1, 0.15) is 20.8 Å². The molecule has 0 aromatic heterocycles. The maximum Gasteiger partial charge on any atom is 0.331 e. The fraction of sp³-hybridized carbons (Fsp3) is 0.583. The van der Waals surface area contributed by atoms with Gasteiger partial charge in [-0.2, -0.15) is 0 Å². The number of ether oxygens (including phenoxy) is 2. The molecule has 19 heavy (non-hydrogen) atoms. The lowest BCUT2D eigenvalue weighted by atomic mass is 9.93. The van der Waals surface area contributed by atoms with Gasteiger partial charge in [0, 0.05) is 12.2 Å². The maximum atomic E-state index is 11.2. The molecule has 1 unspecified atom stereocenters. The molecule has 0 fully saturated rings. The average Bonchev–Trinajstić information content (AvgIpc) is 2.32. The zero-order valence-corrected chi connectivity index (χ0v) is 11.1. The van der Waals surface area contributed by atoms with Gasteiger partial charge >= 0.3 is 17.9 Å². The van der Waals surface area contributed by atoms with Crippen LogP contribution in [-0.2, 0) is 23.9 Å². The van der Waals surface area contributed by atoms with Gasteiger partial charge in [-0.25, -0.2) is 9.59 Å². The summed E-state index contributed by atoms with van der Waals surface area (Å²) < 4.78 is 9.38. The number of carbonyl (C=O) groups is 3. The van der Waals surface area contributed by atoms with E-state index >= 15 is 0 Å². The molecular weight excluding hydrogens is 256 g/mol. The minimum Gasteiger partial charge on any atom is -0.481 e. The summed E-state index contributed by atoms with van der Waals surface area (Å²) in [6, 6.07) is 0. The zero-order valence-electron chi connectivity index (χ0n) is 11.1. The third kappa shape index (κ3) is 6.56. The van der Waals surface area contributed by atoms with Gasteiger partial charge in [-0.15, -0.1) is 0 Å². The van der Waals surface area contributed by atoms with Crippen LogP contribution in [0.5, 0.6) is 0 Å². The van der Waals surface area contributed by atoms with Crippen LogP contribution in [0, 0.1) is 5.41 Å². The van der Waals surface area contributed by atoms with Crippen molar-refractivity contribution < 1.29 is 34.1 Å². The summed E-state index contributed by atoms with van der Waals surface area (Å²) in [5.74, 6) is -2.87. The highest BCUT2D eigenvalue weighted by Gasteiger charge is 2.34. The van der Waals surface area contributed by atoms with Crippen molar-refractivity contribution in [3.05, 3.63) is 12.2 Å². The molecule has 0 spiro atoms. The normalized spacial score (nSPS) is 14.2. The Morgan fingerprint density at radius 3 is 2.16 bits per heavy atom. The minimum atomic E-state index is -1.57. The number of carboxylic acids is 1. The second-order valence-corrected chi connectivity index (χ2v) is 4.45. The molecule has 0 saturated carbocycles. The van der Waals surface area contributed by atoms with Gasteiger partial charge in [-0.1, -0.05) is 0 Å². The Balaban J connectivity index is 4.30. The molecule has 0 aliphatic heterocycles. The summed E-state index contributed by atoms with van der Waals surface area (Å²) in [5.41, 5.74) is -1.57. The van der Waals surface area contributed by atoms with Crippen LogP contribution < -0.4 is 0 Å². The Morgan fingerprint density at radius 1 is 1.21 bits per heavy atom. The molecule has 108 valence electrons. The van der Waals surface area contributed by atoms with E-state index in [1.807, 2.05) is 0 Å². The van der Waals surface area contributed by atoms with Crippen molar-refractivity contribution in [1.29, 1.82) is 0 Å². The number of carboxylic acid groups (broad SMARTS) is 1.